The van der Waals surface area contributed by atoms with Crippen LogP contribution in [0.1, 0.15) is 25.7 Å². The maximum absolute atomic E-state index is 13.8. The van der Waals surface area contributed by atoms with Gasteiger partial charge >= 0.3 is 11.8 Å². The molecule has 0 spiro atoms. The first kappa shape index (κ1) is 16.6. The van der Waals surface area contributed by atoms with Crippen LogP contribution in [0.3, 0.4) is 0 Å². The van der Waals surface area contributed by atoms with Crippen LogP contribution >= 0.6 is 11.3 Å². The van der Waals surface area contributed by atoms with Gasteiger partial charge in [-0.2, -0.15) is 0 Å². The molecule has 0 unspecified atom stereocenters. The second-order valence-electron chi connectivity index (χ2n) is 5.68. The molecule has 2 heterocycles. The van der Waals surface area contributed by atoms with E-state index in [2.05, 4.69) is 10.3 Å². The van der Waals surface area contributed by atoms with Crippen molar-refractivity contribution in [3.05, 3.63) is 35.5 Å². The fourth-order valence-corrected chi connectivity index (χ4v) is 3.40. The third-order valence-corrected chi connectivity index (χ3v) is 4.72. The average molecular weight is 347 g/mol. The summed E-state index contributed by atoms with van der Waals surface area (Å²) < 4.78 is 13.8. The van der Waals surface area contributed by atoms with Gasteiger partial charge in [0.25, 0.3) is 0 Å². The van der Waals surface area contributed by atoms with Crippen molar-refractivity contribution < 1.29 is 14.0 Å². The van der Waals surface area contributed by atoms with E-state index in [0.29, 0.717) is 29.5 Å². The number of hydrogen-bond acceptors (Lipinski definition) is 4. The molecule has 126 valence electrons. The van der Waals surface area contributed by atoms with Crippen LogP contribution in [0.2, 0.25) is 0 Å². The van der Waals surface area contributed by atoms with E-state index < -0.39 is 11.8 Å². The smallest absolute Gasteiger partial charge is 0.315 e. The molecule has 0 aliphatic carbocycles. The summed E-state index contributed by atoms with van der Waals surface area (Å²) in [6.45, 7) is 1.23. The van der Waals surface area contributed by atoms with Gasteiger partial charge in [0.2, 0.25) is 0 Å². The molecule has 1 aromatic carbocycles. The van der Waals surface area contributed by atoms with Crippen LogP contribution in [0.25, 0.3) is 11.3 Å². The van der Waals surface area contributed by atoms with Crippen molar-refractivity contribution in [3.8, 4) is 11.3 Å². The van der Waals surface area contributed by atoms with Crippen LogP contribution in [-0.4, -0.2) is 34.8 Å². The number of thiazole rings is 1. The van der Waals surface area contributed by atoms with Crippen molar-refractivity contribution in [2.75, 3.05) is 18.4 Å². The minimum atomic E-state index is -0.689. The highest BCUT2D eigenvalue weighted by molar-refractivity contribution is 7.14. The third-order valence-electron chi connectivity index (χ3n) is 3.96. The summed E-state index contributed by atoms with van der Waals surface area (Å²) >= 11 is 1.17. The van der Waals surface area contributed by atoms with Crippen molar-refractivity contribution in [3.63, 3.8) is 0 Å². The van der Waals surface area contributed by atoms with Crippen LogP contribution in [0, 0.1) is 5.82 Å². The Morgan fingerprint density at radius 2 is 1.83 bits per heavy atom. The van der Waals surface area contributed by atoms with E-state index in [-0.39, 0.29) is 5.82 Å². The molecule has 0 saturated carbocycles. The fourth-order valence-electron chi connectivity index (χ4n) is 2.69. The lowest BCUT2D eigenvalue weighted by Crippen LogP contribution is -2.40. The molecule has 2 aromatic rings. The molecule has 1 saturated heterocycles. The first-order valence-corrected chi connectivity index (χ1v) is 8.84. The Bertz CT molecular complexity index is 739. The Morgan fingerprint density at radius 1 is 1.12 bits per heavy atom. The maximum atomic E-state index is 13.8. The van der Waals surface area contributed by atoms with E-state index in [1.165, 1.54) is 17.4 Å². The summed E-state index contributed by atoms with van der Waals surface area (Å²) in [7, 11) is 0. The Morgan fingerprint density at radius 3 is 2.54 bits per heavy atom. The number of carbonyl (C=O) groups is 2. The Labute approximate surface area is 143 Å². The molecule has 0 atom stereocenters. The van der Waals surface area contributed by atoms with Crippen molar-refractivity contribution in [1.82, 2.24) is 9.88 Å². The summed E-state index contributed by atoms with van der Waals surface area (Å²) in [6, 6.07) is 6.31. The number of amides is 2. The Kier molecular flexibility index (Phi) is 5.20. The Balaban J connectivity index is 1.67. The molecule has 1 aliphatic rings. The van der Waals surface area contributed by atoms with Crippen molar-refractivity contribution in [2.24, 2.45) is 0 Å². The number of benzene rings is 1. The van der Waals surface area contributed by atoms with Gasteiger partial charge in [-0.25, -0.2) is 9.37 Å². The van der Waals surface area contributed by atoms with Crippen molar-refractivity contribution in [1.29, 1.82) is 0 Å². The summed E-state index contributed by atoms with van der Waals surface area (Å²) in [4.78, 5) is 30.1. The topological polar surface area (TPSA) is 62.3 Å². The van der Waals surface area contributed by atoms with Crippen molar-refractivity contribution >= 4 is 28.3 Å². The molecular weight excluding hydrogens is 329 g/mol. The molecule has 2 amide bonds. The molecule has 1 aliphatic heterocycles. The van der Waals surface area contributed by atoms with E-state index in [1.54, 1.807) is 28.5 Å². The van der Waals surface area contributed by atoms with E-state index in [9.17, 15) is 14.0 Å². The number of halogens is 1. The largest absolute Gasteiger partial charge is 0.334 e. The molecule has 1 fully saturated rings. The number of likely N-dealkylation sites (tertiary alicyclic amines) is 1. The zero-order valence-electron chi connectivity index (χ0n) is 13.1. The third kappa shape index (κ3) is 3.79. The van der Waals surface area contributed by atoms with Gasteiger partial charge in [-0.05, 0) is 25.0 Å². The molecule has 0 radical (unpaired) electrons. The molecule has 5 nitrogen and oxygen atoms in total. The molecule has 1 aromatic heterocycles. The van der Waals surface area contributed by atoms with Gasteiger partial charge in [0.15, 0.2) is 5.13 Å². The number of carbonyl (C=O) groups excluding carboxylic acids is 2. The second-order valence-corrected chi connectivity index (χ2v) is 6.54. The van der Waals surface area contributed by atoms with Gasteiger partial charge in [0, 0.05) is 24.0 Å². The minimum absolute atomic E-state index is 0.293. The Hall–Kier alpha value is -2.28. The summed E-state index contributed by atoms with van der Waals surface area (Å²) in [5.74, 6) is -1.59. The molecule has 1 N–H and O–H groups in total. The summed E-state index contributed by atoms with van der Waals surface area (Å²) in [6.07, 6.45) is 4.02. The number of anilines is 1. The van der Waals surface area contributed by atoms with Gasteiger partial charge < -0.3 is 4.90 Å². The number of nitrogens with zero attached hydrogens (tertiary/aromatic N) is 2. The van der Waals surface area contributed by atoms with Crippen LogP contribution in [0.4, 0.5) is 9.52 Å². The molecule has 24 heavy (non-hydrogen) atoms. The van der Waals surface area contributed by atoms with Gasteiger partial charge in [-0.1, -0.05) is 25.0 Å². The SMILES string of the molecule is O=C(Nc1nc(-c2ccccc2F)cs1)C(=O)N1CCCCCC1. The maximum Gasteiger partial charge on any atom is 0.315 e. The average Bonchev–Trinajstić information content (AvgIpc) is 2.87. The van der Waals surface area contributed by atoms with Crippen LogP contribution in [0.15, 0.2) is 29.6 Å². The van der Waals surface area contributed by atoms with Gasteiger partial charge in [0.1, 0.15) is 5.82 Å². The highest BCUT2D eigenvalue weighted by atomic mass is 32.1. The molecule has 3 rings (SSSR count). The van der Waals surface area contributed by atoms with E-state index >= 15 is 0 Å². The number of aromatic nitrogens is 1. The molecule has 0 bridgehead atoms. The van der Waals surface area contributed by atoms with E-state index in [1.807, 2.05) is 0 Å². The number of nitrogens with one attached hydrogen (secondary N) is 1. The van der Waals surface area contributed by atoms with Crippen LogP contribution < -0.4 is 5.32 Å². The first-order valence-electron chi connectivity index (χ1n) is 7.96. The zero-order chi connectivity index (χ0) is 16.9. The molecule has 7 heteroatoms. The predicted molar refractivity (Wildman–Crippen MR) is 91.2 cm³/mol. The van der Waals surface area contributed by atoms with Gasteiger partial charge in [-0.15, -0.1) is 11.3 Å². The highest BCUT2D eigenvalue weighted by Gasteiger charge is 2.23. The van der Waals surface area contributed by atoms with E-state index in [0.717, 1.165) is 25.7 Å². The second kappa shape index (κ2) is 7.53. The highest BCUT2D eigenvalue weighted by Crippen LogP contribution is 2.26. The number of hydrogen-bond donors (Lipinski definition) is 1. The lowest BCUT2D eigenvalue weighted by atomic mass is 10.2. The summed E-state index contributed by atoms with van der Waals surface area (Å²) in [5, 5.41) is 4.47. The van der Waals surface area contributed by atoms with Crippen LogP contribution in [-0.2, 0) is 9.59 Å². The lowest BCUT2D eigenvalue weighted by Gasteiger charge is -2.18. The lowest BCUT2D eigenvalue weighted by molar-refractivity contribution is -0.143. The van der Waals surface area contributed by atoms with Gasteiger partial charge in [0.05, 0.1) is 5.69 Å². The summed E-state index contributed by atoms with van der Waals surface area (Å²) in [5.41, 5.74) is 0.809. The first-order chi connectivity index (χ1) is 11.6. The minimum Gasteiger partial charge on any atom is -0.334 e. The number of rotatable bonds is 2. The normalized spacial score (nSPS) is 15.0. The van der Waals surface area contributed by atoms with Crippen molar-refractivity contribution in [2.45, 2.75) is 25.7 Å². The van der Waals surface area contributed by atoms with E-state index in [4.69, 9.17) is 0 Å². The standard InChI is InChI=1S/C17H18FN3O2S/c18-13-8-4-3-7-12(13)14-11-24-17(19-14)20-15(22)16(23)21-9-5-1-2-6-10-21/h3-4,7-8,11H,1-2,5-6,9-10H2,(H,19,20,22). The molecular formula is C17H18FN3O2S. The monoisotopic (exact) mass is 347 g/mol. The fraction of sp³-hybridized carbons (Fsp3) is 0.353. The van der Waals surface area contributed by atoms with Crippen LogP contribution in [0.5, 0.6) is 0 Å². The predicted octanol–water partition coefficient (Wildman–Crippen LogP) is 3.29. The quantitative estimate of drug-likeness (QED) is 0.848. The van der Waals surface area contributed by atoms with Gasteiger partial charge in [-0.3, -0.25) is 14.9 Å². The zero-order valence-corrected chi connectivity index (χ0v) is 13.9.